The van der Waals surface area contributed by atoms with Crippen LogP contribution in [0.3, 0.4) is 0 Å². The molecule has 0 atom stereocenters. The number of methoxy groups -OCH3 is 1. The molecule has 5 heteroatoms. The van der Waals surface area contributed by atoms with Crippen LogP contribution in [0.15, 0.2) is 23.8 Å². The van der Waals surface area contributed by atoms with E-state index < -0.39 is 5.97 Å². The lowest BCUT2D eigenvalue weighted by Gasteiger charge is -1.99. The number of phenolic OH excluding ortho intramolecular Hbond substituents is 1. The van der Waals surface area contributed by atoms with E-state index in [4.69, 9.17) is 16.9 Å². The minimum absolute atomic E-state index is 0.0598. The summed E-state index contributed by atoms with van der Waals surface area (Å²) in [6.45, 7) is 0. The van der Waals surface area contributed by atoms with Gasteiger partial charge in [-0.05, 0) is 23.8 Å². The highest BCUT2D eigenvalue weighted by atomic mass is 35.5. The summed E-state index contributed by atoms with van der Waals surface area (Å²) in [6, 6.07) is 6.06. The Morgan fingerprint density at radius 1 is 1.62 bits per heavy atom. The van der Waals surface area contributed by atoms with Crippen molar-refractivity contribution in [3.05, 3.63) is 34.4 Å². The highest BCUT2D eigenvalue weighted by Gasteiger charge is 2.08. The third kappa shape index (κ3) is 2.75. The molecule has 0 aliphatic rings. The van der Waals surface area contributed by atoms with Crippen molar-refractivity contribution in [2.24, 2.45) is 0 Å². The molecule has 0 amide bonds. The van der Waals surface area contributed by atoms with Crippen molar-refractivity contribution in [3.63, 3.8) is 0 Å². The number of aromatic hydroxyl groups is 1. The van der Waals surface area contributed by atoms with E-state index in [1.807, 2.05) is 0 Å². The predicted octanol–water partition coefficient (Wildman–Crippen LogP) is 2.13. The molecule has 0 unspecified atom stereocenters. The van der Waals surface area contributed by atoms with Gasteiger partial charge in [0.25, 0.3) is 0 Å². The molecule has 0 saturated carbocycles. The van der Waals surface area contributed by atoms with Gasteiger partial charge in [0.15, 0.2) is 0 Å². The number of hydrogen-bond donors (Lipinski definition) is 1. The number of rotatable bonds is 2. The Bertz CT molecular complexity index is 488. The zero-order chi connectivity index (χ0) is 12.1. The SMILES string of the molecule is COC(=O)/C(C#N)=C\c1ccc(O)c(Cl)c1. The van der Waals surface area contributed by atoms with Crippen molar-refractivity contribution in [2.75, 3.05) is 7.11 Å². The topological polar surface area (TPSA) is 70.3 Å². The summed E-state index contributed by atoms with van der Waals surface area (Å²) in [5.41, 5.74) is 0.397. The van der Waals surface area contributed by atoms with Crippen LogP contribution in [0.5, 0.6) is 5.75 Å². The summed E-state index contributed by atoms with van der Waals surface area (Å²) in [5, 5.41) is 18.0. The van der Waals surface area contributed by atoms with Crippen LogP contribution >= 0.6 is 11.6 Å². The van der Waals surface area contributed by atoms with Crippen LogP contribution in [0, 0.1) is 11.3 Å². The van der Waals surface area contributed by atoms with Crippen molar-refractivity contribution in [3.8, 4) is 11.8 Å². The zero-order valence-corrected chi connectivity index (χ0v) is 9.15. The van der Waals surface area contributed by atoms with Crippen molar-refractivity contribution in [1.82, 2.24) is 0 Å². The third-order valence-electron chi connectivity index (χ3n) is 1.81. The summed E-state index contributed by atoms with van der Waals surface area (Å²) in [5.74, 6) is -0.776. The van der Waals surface area contributed by atoms with E-state index in [1.165, 1.54) is 31.4 Å². The Hall–Kier alpha value is -1.99. The summed E-state index contributed by atoms with van der Waals surface area (Å²) in [4.78, 5) is 11.1. The molecular weight excluding hydrogens is 230 g/mol. The van der Waals surface area contributed by atoms with Crippen molar-refractivity contribution in [2.45, 2.75) is 0 Å². The smallest absolute Gasteiger partial charge is 0.348 e. The van der Waals surface area contributed by atoms with Crippen LogP contribution in [0.1, 0.15) is 5.56 Å². The summed E-state index contributed by atoms with van der Waals surface area (Å²) < 4.78 is 4.42. The van der Waals surface area contributed by atoms with Crippen LogP contribution in [0.25, 0.3) is 6.08 Å². The number of phenols is 1. The van der Waals surface area contributed by atoms with E-state index in [-0.39, 0.29) is 16.3 Å². The fraction of sp³-hybridized carbons (Fsp3) is 0.0909. The number of esters is 1. The molecule has 1 rings (SSSR count). The monoisotopic (exact) mass is 237 g/mol. The number of hydrogen-bond acceptors (Lipinski definition) is 4. The lowest BCUT2D eigenvalue weighted by molar-refractivity contribution is -0.135. The number of halogens is 1. The Kier molecular flexibility index (Phi) is 3.92. The van der Waals surface area contributed by atoms with Gasteiger partial charge < -0.3 is 9.84 Å². The van der Waals surface area contributed by atoms with Crippen LogP contribution in [-0.4, -0.2) is 18.2 Å². The molecule has 0 bridgehead atoms. The van der Waals surface area contributed by atoms with E-state index in [1.54, 1.807) is 6.07 Å². The molecule has 4 nitrogen and oxygen atoms in total. The minimum atomic E-state index is -0.716. The summed E-state index contributed by atoms with van der Waals surface area (Å²) in [7, 11) is 1.19. The van der Waals surface area contributed by atoms with Crippen LogP contribution in [0.2, 0.25) is 5.02 Å². The first-order valence-electron chi connectivity index (χ1n) is 4.27. The quantitative estimate of drug-likeness (QED) is 0.486. The average Bonchev–Trinajstić information content (AvgIpc) is 2.29. The first kappa shape index (κ1) is 12.1. The van der Waals surface area contributed by atoms with Crippen molar-refractivity contribution in [1.29, 1.82) is 5.26 Å². The van der Waals surface area contributed by atoms with Gasteiger partial charge in [-0.2, -0.15) is 5.26 Å². The maximum atomic E-state index is 11.1. The molecule has 82 valence electrons. The fourth-order valence-electron chi connectivity index (χ4n) is 1.03. The van der Waals surface area contributed by atoms with E-state index in [0.29, 0.717) is 5.56 Å². The number of carbonyl (C=O) groups is 1. The average molecular weight is 238 g/mol. The molecule has 0 aliphatic heterocycles. The van der Waals surface area contributed by atoms with Gasteiger partial charge in [-0.25, -0.2) is 4.79 Å². The van der Waals surface area contributed by atoms with Crippen molar-refractivity contribution < 1.29 is 14.6 Å². The molecule has 1 aromatic carbocycles. The van der Waals surface area contributed by atoms with Gasteiger partial charge in [0.05, 0.1) is 12.1 Å². The van der Waals surface area contributed by atoms with Crippen LogP contribution < -0.4 is 0 Å². The maximum Gasteiger partial charge on any atom is 0.348 e. The second-order valence-corrected chi connectivity index (χ2v) is 3.28. The molecule has 0 spiro atoms. The third-order valence-corrected chi connectivity index (χ3v) is 2.11. The molecule has 0 radical (unpaired) electrons. The largest absolute Gasteiger partial charge is 0.506 e. The van der Waals surface area contributed by atoms with Crippen LogP contribution in [0.4, 0.5) is 0 Å². The Balaban J connectivity index is 3.10. The second-order valence-electron chi connectivity index (χ2n) is 2.87. The molecule has 0 fully saturated rings. The zero-order valence-electron chi connectivity index (χ0n) is 8.40. The van der Waals surface area contributed by atoms with Gasteiger partial charge in [-0.1, -0.05) is 17.7 Å². The summed E-state index contributed by atoms with van der Waals surface area (Å²) >= 11 is 5.68. The fourth-order valence-corrected chi connectivity index (χ4v) is 1.22. The lowest BCUT2D eigenvalue weighted by Crippen LogP contribution is -2.02. The predicted molar refractivity (Wildman–Crippen MR) is 58.7 cm³/mol. The van der Waals surface area contributed by atoms with Gasteiger partial charge in [-0.15, -0.1) is 0 Å². The van der Waals surface area contributed by atoms with Gasteiger partial charge in [0, 0.05) is 0 Å². The second kappa shape index (κ2) is 5.19. The molecule has 16 heavy (non-hydrogen) atoms. The summed E-state index contributed by atoms with van der Waals surface area (Å²) in [6.07, 6.45) is 1.33. The van der Waals surface area contributed by atoms with Gasteiger partial charge in [-0.3, -0.25) is 0 Å². The number of benzene rings is 1. The minimum Gasteiger partial charge on any atom is -0.506 e. The maximum absolute atomic E-state index is 11.1. The Labute approximate surface area is 97.3 Å². The van der Waals surface area contributed by atoms with E-state index in [2.05, 4.69) is 4.74 Å². The molecular formula is C11H8ClNO3. The van der Waals surface area contributed by atoms with E-state index in [0.717, 1.165) is 0 Å². The highest BCUT2D eigenvalue weighted by molar-refractivity contribution is 6.32. The van der Waals surface area contributed by atoms with Gasteiger partial charge in [0.2, 0.25) is 0 Å². The Morgan fingerprint density at radius 2 is 2.31 bits per heavy atom. The Morgan fingerprint density at radius 3 is 2.81 bits per heavy atom. The van der Waals surface area contributed by atoms with E-state index >= 15 is 0 Å². The lowest BCUT2D eigenvalue weighted by atomic mass is 10.1. The first-order chi connectivity index (χ1) is 7.58. The van der Waals surface area contributed by atoms with E-state index in [9.17, 15) is 9.90 Å². The van der Waals surface area contributed by atoms with Gasteiger partial charge >= 0.3 is 5.97 Å². The number of carbonyl (C=O) groups excluding carboxylic acids is 1. The highest BCUT2D eigenvalue weighted by Crippen LogP contribution is 2.24. The molecule has 0 saturated heterocycles. The number of nitrogens with zero attached hydrogens (tertiary/aromatic N) is 1. The molecule has 0 heterocycles. The molecule has 1 N–H and O–H groups in total. The standard InChI is InChI=1S/C11H8ClNO3/c1-16-11(15)8(6-13)4-7-2-3-10(14)9(12)5-7/h2-5,14H,1H3/b8-4-. The number of ether oxygens (including phenoxy) is 1. The molecule has 0 aromatic heterocycles. The normalized spacial score (nSPS) is 10.7. The molecule has 1 aromatic rings. The first-order valence-corrected chi connectivity index (χ1v) is 4.65. The molecule has 0 aliphatic carbocycles. The van der Waals surface area contributed by atoms with Crippen molar-refractivity contribution >= 4 is 23.6 Å². The number of nitriles is 1. The van der Waals surface area contributed by atoms with Gasteiger partial charge in [0.1, 0.15) is 17.4 Å². The van der Waals surface area contributed by atoms with Crippen LogP contribution in [-0.2, 0) is 9.53 Å².